The van der Waals surface area contributed by atoms with Gasteiger partial charge in [0, 0.05) is 13.5 Å². The maximum atomic E-state index is 12.1. The van der Waals surface area contributed by atoms with E-state index in [1.54, 1.807) is 12.1 Å². The number of ether oxygens (including phenoxy) is 1. The van der Waals surface area contributed by atoms with Crippen molar-refractivity contribution in [3.63, 3.8) is 0 Å². The largest absolute Gasteiger partial charge is 0.481 e. The number of hydrogen-bond donors (Lipinski definition) is 2. The van der Waals surface area contributed by atoms with Crippen molar-refractivity contribution in [2.45, 2.75) is 31.7 Å². The van der Waals surface area contributed by atoms with E-state index >= 15 is 0 Å². The minimum absolute atomic E-state index is 0.00323. The molecule has 2 rings (SSSR count). The van der Waals surface area contributed by atoms with E-state index in [0.717, 1.165) is 6.42 Å². The Bertz CT molecular complexity index is 464. The van der Waals surface area contributed by atoms with Crippen molar-refractivity contribution in [3.8, 4) is 0 Å². The molecule has 1 fully saturated rings. The summed E-state index contributed by atoms with van der Waals surface area (Å²) in [6.07, 6.45) is 3.51. The standard InChI is InChI=1S/C14H19NO5/c1-19-9-10(11-4-2-7-20-11)15-12(16)8-14(13(17)18)5-3-6-14/h2,4,7,10H,3,5-6,8-9H2,1H3,(H,15,16)(H,17,18). The summed E-state index contributed by atoms with van der Waals surface area (Å²) < 4.78 is 10.3. The molecule has 0 aliphatic heterocycles. The van der Waals surface area contributed by atoms with Crippen LogP contribution >= 0.6 is 0 Å². The normalized spacial score (nSPS) is 18.1. The average molecular weight is 281 g/mol. The van der Waals surface area contributed by atoms with Gasteiger partial charge in [0.1, 0.15) is 11.8 Å². The predicted octanol–water partition coefficient (Wildman–Crippen LogP) is 1.73. The van der Waals surface area contributed by atoms with Crippen molar-refractivity contribution in [2.75, 3.05) is 13.7 Å². The fourth-order valence-electron chi connectivity index (χ4n) is 2.47. The van der Waals surface area contributed by atoms with Gasteiger partial charge in [0.15, 0.2) is 0 Å². The Morgan fingerprint density at radius 3 is 2.75 bits per heavy atom. The van der Waals surface area contributed by atoms with E-state index < -0.39 is 17.4 Å². The van der Waals surface area contributed by atoms with Crippen molar-refractivity contribution in [1.29, 1.82) is 0 Å². The summed E-state index contributed by atoms with van der Waals surface area (Å²) in [6.45, 7) is 0.277. The Hall–Kier alpha value is -1.82. The molecule has 0 spiro atoms. The molecule has 0 radical (unpaired) electrons. The number of nitrogens with one attached hydrogen (secondary N) is 1. The summed E-state index contributed by atoms with van der Waals surface area (Å²) in [5.74, 6) is -0.580. The topological polar surface area (TPSA) is 88.8 Å². The molecular weight excluding hydrogens is 262 g/mol. The number of carboxylic acid groups (broad SMARTS) is 1. The molecule has 1 aromatic heterocycles. The maximum absolute atomic E-state index is 12.1. The van der Waals surface area contributed by atoms with Crippen LogP contribution in [0.5, 0.6) is 0 Å². The molecule has 110 valence electrons. The highest BCUT2D eigenvalue weighted by atomic mass is 16.5. The smallest absolute Gasteiger partial charge is 0.310 e. The van der Waals surface area contributed by atoms with Gasteiger partial charge >= 0.3 is 5.97 Å². The highest BCUT2D eigenvalue weighted by Crippen LogP contribution is 2.44. The SMILES string of the molecule is COCC(NC(=O)CC1(C(=O)O)CCC1)c1ccco1. The summed E-state index contributed by atoms with van der Waals surface area (Å²) in [5.41, 5.74) is -0.884. The predicted molar refractivity (Wildman–Crippen MR) is 70.0 cm³/mol. The van der Waals surface area contributed by atoms with Crippen molar-refractivity contribution in [3.05, 3.63) is 24.2 Å². The van der Waals surface area contributed by atoms with E-state index in [4.69, 9.17) is 9.15 Å². The molecule has 1 unspecified atom stereocenters. The molecule has 1 heterocycles. The number of carboxylic acids is 1. The number of methoxy groups -OCH3 is 1. The Balaban J connectivity index is 1.97. The zero-order valence-corrected chi connectivity index (χ0v) is 11.4. The van der Waals surface area contributed by atoms with Gasteiger partial charge in [-0.25, -0.2) is 0 Å². The van der Waals surface area contributed by atoms with Gasteiger partial charge < -0.3 is 19.6 Å². The fraction of sp³-hybridized carbons (Fsp3) is 0.571. The molecule has 20 heavy (non-hydrogen) atoms. The first-order chi connectivity index (χ1) is 9.57. The molecular formula is C14H19NO5. The van der Waals surface area contributed by atoms with E-state index in [2.05, 4.69) is 5.32 Å². The maximum Gasteiger partial charge on any atom is 0.310 e. The second-order valence-corrected chi connectivity index (χ2v) is 5.21. The van der Waals surface area contributed by atoms with Gasteiger partial charge in [-0.2, -0.15) is 0 Å². The molecule has 0 saturated heterocycles. The molecule has 0 aromatic carbocycles. The van der Waals surface area contributed by atoms with E-state index in [1.165, 1.54) is 13.4 Å². The lowest BCUT2D eigenvalue weighted by Crippen LogP contribution is -2.43. The molecule has 6 heteroatoms. The third-order valence-electron chi connectivity index (χ3n) is 3.82. The van der Waals surface area contributed by atoms with Crippen LogP contribution in [-0.4, -0.2) is 30.7 Å². The Morgan fingerprint density at radius 2 is 2.30 bits per heavy atom. The van der Waals surface area contributed by atoms with Crippen LogP contribution in [0.3, 0.4) is 0 Å². The van der Waals surface area contributed by atoms with Crippen LogP contribution < -0.4 is 5.32 Å². The van der Waals surface area contributed by atoms with Crippen LogP contribution in [0.1, 0.15) is 37.5 Å². The summed E-state index contributed by atoms with van der Waals surface area (Å²) in [6, 6.07) is 3.09. The first-order valence-corrected chi connectivity index (χ1v) is 6.62. The van der Waals surface area contributed by atoms with E-state index in [1.807, 2.05) is 0 Å². The molecule has 1 aromatic rings. The van der Waals surface area contributed by atoms with Crippen LogP contribution in [0.2, 0.25) is 0 Å². The second kappa shape index (κ2) is 6.09. The quantitative estimate of drug-likeness (QED) is 0.794. The number of aliphatic carboxylic acids is 1. The molecule has 0 bridgehead atoms. The van der Waals surface area contributed by atoms with Crippen LogP contribution in [0.15, 0.2) is 22.8 Å². The first kappa shape index (κ1) is 14.6. The average Bonchev–Trinajstić information content (AvgIpc) is 2.86. The highest BCUT2D eigenvalue weighted by Gasteiger charge is 2.46. The minimum Gasteiger partial charge on any atom is -0.481 e. The van der Waals surface area contributed by atoms with Crippen LogP contribution in [-0.2, 0) is 14.3 Å². The lowest BCUT2D eigenvalue weighted by Gasteiger charge is -2.37. The Kier molecular flexibility index (Phi) is 4.44. The zero-order valence-electron chi connectivity index (χ0n) is 11.4. The van der Waals surface area contributed by atoms with Crippen molar-refractivity contribution < 1.29 is 23.8 Å². The van der Waals surface area contributed by atoms with Crippen LogP contribution in [0.4, 0.5) is 0 Å². The molecule has 1 aliphatic carbocycles. The lowest BCUT2D eigenvalue weighted by molar-refractivity contribution is -0.157. The van der Waals surface area contributed by atoms with Gasteiger partial charge in [0.05, 0.1) is 18.3 Å². The van der Waals surface area contributed by atoms with Crippen molar-refractivity contribution in [2.24, 2.45) is 5.41 Å². The molecule has 2 N–H and O–H groups in total. The zero-order chi connectivity index (χ0) is 14.6. The van der Waals surface area contributed by atoms with E-state index in [0.29, 0.717) is 18.6 Å². The molecule has 1 atom stereocenters. The summed E-state index contributed by atoms with van der Waals surface area (Å²) in [4.78, 5) is 23.3. The van der Waals surface area contributed by atoms with Crippen LogP contribution in [0, 0.1) is 5.41 Å². The number of amides is 1. The number of carbonyl (C=O) groups excluding carboxylic acids is 1. The third kappa shape index (κ3) is 3.01. The van der Waals surface area contributed by atoms with Crippen LogP contribution in [0.25, 0.3) is 0 Å². The van der Waals surface area contributed by atoms with Gasteiger partial charge in [-0.1, -0.05) is 6.42 Å². The minimum atomic E-state index is -0.889. The van der Waals surface area contributed by atoms with Gasteiger partial charge in [-0.15, -0.1) is 0 Å². The molecule has 1 aliphatic rings. The van der Waals surface area contributed by atoms with Crippen molar-refractivity contribution in [1.82, 2.24) is 5.32 Å². The number of rotatable bonds is 7. The molecule has 1 amide bonds. The molecule has 1 saturated carbocycles. The first-order valence-electron chi connectivity index (χ1n) is 6.62. The Morgan fingerprint density at radius 1 is 1.55 bits per heavy atom. The van der Waals surface area contributed by atoms with Gasteiger partial charge in [0.25, 0.3) is 0 Å². The van der Waals surface area contributed by atoms with Gasteiger partial charge in [-0.05, 0) is 25.0 Å². The van der Waals surface area contributed by atoms with Crippen molar-refractivity contribution >= 4 is 11.9 Å². The van der Waals surface area contributed by atoms with E-state index in [9.17, 15) is 14.7 Å². The van der Waals surface area contributed by atoms with Gasteiger partial charge in [0.2, 0.25) is 5.91 Å². The summed E-state index contributed by atoms with van der Waals surface area (Å²) >= 11 is 0. The summed E-state index contributed by atoms with van der Waals surface area (Å²) in [5, 5.41) is 12.0. The lowest BCUT2D eigenvalue weighted by atomic mass is 9.66. The number of carbonyl (C=O) groups is 2. The number of furan rings is 1. The number of hydrogen-bond acceptors (Lipinski definition) is 4. The monoisotopic (exact) mass is 281 g/mol. The van der Waals surface area contributed by atoms with Gasteiger partial charge in [-0.3, -0.25) is 9.59 Å². The highest BCUT2D eigenvalue weighted by molar-refractivity contribution is 5.85. The second-order valence-electron chi connectivity index (χ2n) is 5.21. The third-order valence-corrected chi connectivity index (χ3v) is 3.82. The van der Waals surface area contributed by atoms with E-state index in [-0.39, 0.29) is 18.9 Å². The molecule has 6 nitrogen and oxygen atoms in total. The Labute approximate surface area is 117 Å². The fourth-order valence-corrected chi connectivity index (χ4v) is 2.47. The summed E-state index contributed by atoms with van der Waals surface area (Å²) in [7, 11) is 1.53.